The van der Waals surface area contributed by atoms with Gasteiger partial charge >= 0.3 is 0 Å². The number of hydrogen-bond acceptors (Lipinski definition) is 5. The molecule has 2 atom stereocenters. The van der Waals surface area contributed by atoms with Crippen LogP contribution >= 0.6 is 11.8 Å². The number of amides is 1. The van der Waals surface area contributed by atoms with Crippen LogP contribution in [0.1, 0.15) is 10.8 Å². The minimum absolute atomic E-state index is 0.408. The Morgan fingerprint density at radius 3 is 2.35 bits per heavy atom. The molecule has 23 heavy (non-hydrogen) atoms. The zero-order valence-electron chi connectivity index (χ0n) is 12.8. The lowest BCUT2D eigenvalue weighted by Crippen LogP contribution is -2.30. The third-order valence-electron chi connectivity index (χ3n) is 3.70. The van der Waals surface area contributed by atoms with Gasteiger partial charge < -0.3 is 19.9 Å². The molecule has 0 bridgehead atoms. The largest absolute Gasteiger partial charge is 0.497 e. The van der Waals surface area contributed by atoms with Crippen molar-refractivity contribution in [2.75, 3.05) is 19.5 Å². The summed E-state index contributed by atoms with van der Waals surface area (Å²) in [6.45, 7) is 0. The Morgan fingerprint density at radius 1 is 1.04 bits per heavy atom. The number of ether oxygens (including phenoxy) is 2. The Bertz CT molecular complexity index is 717. The minimum atomic E-state index is -1.15. The number of carbonyl (C=O) groups is 1. The molecule has 0 radical (unpaired) electrons. The lowest BCUT2D eigenvalue weighted by molar-refractivity contribution is -0.124. The average Bonchev–Trinajstić information content (AvgIpc) is 2.71. The SMILES string of the molecule is COc1ccc([C@H]2Sc3cc(OC)ccc3NC(=O)[C@@H]2O)cc1. The Labute approximate surface area is 138 Å². The predicted octanol–water partition coefficient (Wildman–Crippen LogP) is 2.85. The summed E-state index contributed by atoms with van der Waals surface area (Å²) >= 11 is 1.43. The van der Waals surface area contributed by atoms with E-state index in [-0.39, 0.29) is 0 Å². The van der Waals surface area contributed by atoms with Crippen molar-refractivity contribution in [3.8, 4) is 11.5 Å². The third-order valence-corrected chi connectivity index (χ3v) is 5.08. The fourth-order valence-electron chi connectivity index (χ4n) is 2.42. The molecule has 0 saturated carbocycles. The summed E-state index contributed by atoms with van der Waals surface area (Å²) in [7, 11) is 3.19. The van der Waals surface area contributed by atoms with Crippen molar-refractivity contribution < 1.29 is 19.4 Å². The first kappa shape index (κ1) is 15.7. The van der Waals surface area contributed by atoms with Crippen molar-refractivity contribution in [2.24, 2.45) is 0 Å². The highest BCUT2D eigenvalue weighted by molar-refractivity contribution is 7.99. The van der Waals surface area contributed by atoms with Crippen LogP contribution in [0.25, 0.3) is 0 Å². The predicted molar refractivity (Wildman–Crippen MR) is 89.2 cm³/mol. The van der Waals surface area contributed by atoms with E-state index in [4.69, 9.17) is 9.47 Å². The molecule has 0 aromatic heterocycles. The standard InChI is InChI=1S/C17H17NO4S/c1-21-11-5-3-10(4-6-11)16-15(19)17(20)18-13-8-7-12(22-2)9-14(13)23-16/h3-9,15-16,19H,1-2H3,(H,18,20)/t15-,16-/m1/s1. The van der Waals surface area contributed by atoms with Crippen molar-refractivity contribution >= 4 is 23.4 Å². The number of rotatable bonds is 3. The number of thioether (sulfide) groups is 1. The van der Waals surface area contributed by atoms with Crippen LogP contribution in [0.5, 0.6) is 11.5 Å². The smallest absolute Gasteiger partial charge is 0.254 e. The molecule has 1 aliphatic rings. The van der Waals surface area contributed by atoms with Crippen LogP contribution in [0, 0.1) is 0 Å². The van der Waals surface area contributed by atoms with E-state index in [2.05, 4.69) is 5.32 Å². The Hall–Kier alpha value is -2.18. The third kappa shape index (κ3) is 3.13. The van der Waals surface area contributed by atoms with E-state index < -0.39 is 17.3 Å². The number of methoxy groups -OCH3 is 2. The zero-order valence-corrected chi connectivity index (χ0v) is 13.6. The fourth-order valence-corrected chi connectivity index (χ4v) is 3.67. The van der Waals surface area contributed by atoms with Gasteiger partial charge in [-0.25, -0.2) is 0 Å². The molecule has 1 amide bonds. The highest BCUT2D eigenvalue weighted by Crippen LogP contribution is 2.45. The summed E-state index contributed by atoms with van der Waals surface area (Å²) in [5, 5.41) is 12.7. The van der Waals surface area contributed by atoms with Gasteiger partial charge in [0.05, 0.1) is 25.2 Å². The van der Waals surface area contributed by atoms with Crippen LogP contribution in [-0.2, 0) is 4.79 Å². The number of benzene rings is 2. The molecule has 0 saturated heterocycles. The second-order valence-electron chi connectivity index (χ2n) is 5.11. The first-order valence-electron chi connectivity index (χ1n) is 7.10. The molecule has 2 aromatic carbocycles. The molecule has 0 fully saturated rings. The Morgan fingerprint density at radius 2 is 1.70 bits per heavy atom. The molecular weight excluding hydrogens is 314 g/mol. The van der Waals surface area contributed by atoms with Gasteiger partial charge in [-0.2, -0.15) is 0 Å². The molecule has 1 aliphatic heterocycles. The first-order valence-corrected chi connectivity index (χ1v) is 7.98. The van der Waals surface area contributed by atoms with Crippen LogP contribution in [0.3, 0.4) is 0 Å². The van der Waals surface area contributed by atoms with Gasteiger partial charge in [-0.3, -0.25) is 4.79 Å². The number of fused-ring (bicyclic) bond motifs is 1. The van der Waals surface area contributed by atoms with Crippen molar-refractivity contribution in [1.29, 1.82) is 0 Å². The molecule has 1 heterocycles. The molecular formula is C17H17NO4S. The zero-order chi connectivity index (χ0) is 16.4. The van der Waals surface area contributed by atoms with E-state index in [9.17, 15) is 9.90 Å². The average molecular weight is 331 g/mol. The van der Waals surface area contributed by atoms with Crippen LogP contribution in [-0.4, -0.2) is 31.3 Å². The summed E-state index contributed by atoms with van der Waals surface area (Å²) in [6, 6.07) is 12.8. The molecule has 2 N–H and O–H groups in total. The molecule has 6 heteroatoms. The van der Waals surface area contributed by atoms with Crippen LogP contribution in [0.15, 0.2) is 47.4 Å². The van der Waals surface area contributed by atoms with Crippen LogP contribution < -0.4 is 14.8 Å². The fraction of sp³-hybridized carbons (Fsp3) is 0.235. The van der Waals surface area contributed by atoms with Gasteiger partial charge in [0.2, 0.25) is 0 Å². The molecule has 0 unspecified atom stereocenters. The van der Waals surface area contributed by atoms with E-state index in [1.54, 1.807) is 26.4 Å². The molecule has 3 rings (SSSR count). The summed E-state index contributed by atoms with van der Waals surface area (Å²) in [5.41, 5.74) is 1.53. The molecule has 120 valence electrons. The summed E-state index contributed by atoms with van der Waals surface area (Å²) < 4.78 is 10.4. The topological polar surface area (TPSA) is 67.8 Å². The quantitative estimate of drug-likeness (QED) is 0.905. The van der Waals surface area contributed by atoms with Crippen molar-refractivity contribution in [3.05, 3.63) is 48.0 Å². The Balaban J connectivity index is 1.99. The first-order chi connectivity index (χ1) is 11.1. The summed E-state index contributed by atoms with van der Waals surface area (Å²) in [4.78, 5) is 13.1. The van der Waals surface area contributed by atoms with Crippen LogP contribution in [0.4, 0.5) is 5.69 Å². The maximum Gasteiger partial charge on any atom is 0.254 e. The number of nitrogens with one attached hydrogen (secondary N) is 1. The number of anilines is 1. The van der Waals surface area contributed by atoms with Gasteiger partial charge in [0, 0.05) is 4.90 Å². The monoisotopic (exact) mass is 331 g/mol. The Kier molecular flexibility index (Phi) is 4.45. The summed E-state index contributed by atoms with van der Waals surface area (Å²) in [6.07, 6.45) is -1.15. The second kappa shape index (κ2) is 6.52. The summed E-state index contributed by atoms with van der Waals surface area (Å²) in [5.74, 6) is 1.02. The van der Waals surface area contributed by atoms with E-state index in [0.717, 1.165) is 16.2 Å². The van der Waals surface area contributed by atoms with Gasteiger partial charge in [0.25, 0.3) is 5.91 Å². The van der Waals surface area contributed by atoms with E-state index in [0.29, 0.717) is 11.4 Å². The maximum atomic E-state index is 12.2. The van der Waals surface area contributed by atoms with E-state index in [1.807, 2.05) is 30.3 Å². The normalized spacial score (nSPS) is 20.2. The number of aliphatic hydroxyl groups excluding tert-OH is 1. The minimum Gasteiger partial charge on any atom is -0.497 e. The van der Waals surface area contributed by atoms with Gasteiger partial charge in [-0.15, -0.1) is 11.8 Å². The number of aliphatic hydroxyl groups is 1. The van der Waals surface area contributed by atoms with Crippen molar-refractivity contribution in [2.45, 2.75) is 16.2 Å². The highest BCUT2D eigenvalue weighted by atomic mass is 32.2. The number of hydrogen-bond donors (Lipinski definition) is 2. The highest BCUT2D eigenvalue weighted by Gasteiger charge is 2.33. The maximum absolute atomic E-state index is 12.2. The molecule has 0 spiro atoms. The molecule has 0 aliphatic carbocycles. The lowest BCUT2D eigenvalue weighted by Gasteiger charge is -2.19. The molecule has 5 nitrogen and oxygen atoms in total. The van der Waals surface area contributed by atoms with E-state index >= 15 is 0 Å². The van der Waals surface area contributed by atoms with Gasteiger partial charge in [-0.1, -0.05) is 12.1 Å². The van der Waals surface area contributed by atoms with Crippen molar-refractivity contribution in [3.63, 3.8) is 0 Å². The van der Waals surface area contributed by atoms with Gasteiger partial charge in [0.1, 0.15) is 17.6 Å². The van der Waals surface area contributed by atoms with Crippen LogP contribution in [0.2, 0.25) is 0 Å². The van der Waals surface area contributed by atoms with Crippen molar-refractivity contribution in [1.82, 2.24) is 0 Å². The molecule has 2 aromatic rings. The lowest BCUT2D eigenvalue weighted by atomic mass is 10.1. The van der Waals surface area contributed by atoms with Gasteiger partial charge in [0.15, 0.2) is 0 Å². The second-order valence-corrected chi connectivity index (χ2v) is 6.29. The van der Waals surface area contributed by atoms with Gasteiger partial charge in [-0.05, 0) is 35.9 Å². The van der Waals surface area contributed by atoms with E-state index in [1.165, 1.54) is 11.8 Å². The number of carbonyl (C=O) groups excluding carboxylic acids is 1.